The van der Waals surface area contributed by atoms with E-state index in [0.717, 1.165) is 6.42 Å². The van der Waals surface area contributed by atoms with Gasteiger partial charge in [0.15, 0.2) is 0 Å². The molecule has 0 saturated carbocycles. The molecule has 0 N–H and O–H groups in total. The van der Waals surface area contributed by atoms with E-state index in [1.165, 1.54) is 4.31 Å². The quantitative estimate of drug-likeness (QED) is 0.717. The number of carbonyl (C=O) groups excluding carboxylic acids is 2. The van der Waals surface area contributed by atoms with Gasteiger partial charge in [0, 0.05) is 38.6 Å². The van der Waals surface area contributed by atoms with E-state index < -0.39 is 16.1 Å². The van der Waals surface area contributed by atoms with Crippen molar-refractivity contribution in [2.24, 2.45) is 5.92 Å². The Morgan fingerprint density at radius 2 is 1.62 bits per heavy atom. The molecule has 2 rings (SSSR count). The van der Waals surface area contributed by atoms with Gasteiger partial charge in [-0.2, -0.15) is 4.31 Å². The molecule has 2 heterocycles. The van der Waals surface area contributed by atoms with Crippen molar-refractivity contribution in [3.8, 4) is 0 Å². The Kier molecular flexibility index (Phi) is 6.25. The van der Waals surface area contributed by atoms with Crippen LogP contribution in [0.25, 0.3) is 0 Å². The summed E-state index contributed by atoms with van der Waals surface area (Å²) >= 11 is 0. The molecule has 0 aromatic heterocycles. The van der Waals surface area contributed by atoms with Crippen LogP contribution in [-0.4, -0.2) is 78.9 Å². The van der Waals surface area contributed by atoms with E-state index in [0.29, 0.717) is 45.6 Å². The van der Waals surface area contributed by atoms with Crippen LogP contribution in [0, 0.1) is 5.92 Å². The molecule has 0 bridgehead atoms. The summed E-state index contributed by atoms with van der Waals surface area (Å²) in [5.41, 5.74) is 0. The van der Waals surface area contributed by atoms with E-state index in [-0.39, 0.29) is 23.5 Å². The Morgan fingerprint density at radius 3 is 2.17 bits per heavy atom. The lowest BCUT2D eigenvalue weighted by molar-refractivity contribution is -0.143. The van der Waals surface area contributed by atoms with E-state index in [1.54, 1.807) is 9.80 Å². The van der Waals surface area contributed by atoms with Crippen LogP contribution in [0.2, 0.25) is 0 Å². The summed E-state index contributed by atoms with van der Waals surface area (Å²) in [6.07, 6.45) is 1.87. The standard InChI is InChI=1S/C16H29N3O4S/c1-4-12-24(22,23)19-7-5-6-14(19)16(21)18-10-8-17(9-11-18)15(20)13(2)3/h13-14H,4-12H2,1-3H3. The second-order valence-corrected chi connectivity index (χ2v) is 8.93. The van der Waals surface area contributed by atoms with Crippen LogP contribution in [0.5, 0.6) is 0 Å². The molecule has 2 saturated heterocycles. The van der Waals surface area contributed by atoms with Gasteiger partial charge in [0.2, 0.25) is 21.8 Å². The van der Waals surface area contributed by atoms with E-state index in [1.807, 2.05) is 20.8 Å². The fraction of sp³-hybridized carbons (Fsp3) is 0.875. The molecule has 2 aliphatic rings. The minimum Gasteiger partial charge on any atom is -0.339 e. The molecule has 2 fully saturated rings. The van der Waals surface area contributed by atoms with Gasteiger partial charge < -0.3 is 9.80 Å². The highest BCUT2D eigenvalue weighted by molar-refractivity contribution is 7.89. The summed E-state index contributed by atoms with van der Waals surface area (Å²) in [7, 11) is -3.36. The van der Waals surface area contributed by atoms with Crippen molar-refractivity contribution in [3.63, 3.8) is 0 Å². The Morgan fingerprint density at radius 1 is 1.04 bits per heavy atom. The average Bonchev–Trinajstić information content (AvgIpc) is 3.04. The number of amides is 2. The van der Waals surface area contributed by atoms with Gasteiger partial charge in [-0.25, -0.2) is 8.42 Å². The highest BCUT2D eigenvalue weighted by Gasteiger charge is 2.40. The Labute approximate surface area is 145 Å². The zero-order chi connectivity index (χ0) is 17.9. The van der Waals surface area contributed by atoms with Gasteiger partial charge in [-0.15, -0.1) is 0 Å². The molecular formula is C16H29N3O4S. The van der Waals surface area contributed by atoms with Crippen molar-refractivity contribution >= 4 is 21.8 Å². The number of carbonyl (C=O) groups is 2. The predicted molar refractivity (Wildman–Crippen MR) is 91.8 cm³/mol. The largest absolute Gasteiger partial charge is 0.339 e. The molecule has 0 radical (unpaired) electrons. The zero-order valence-corrected chi connectivity index (χ0v) is 15.7. The fourth-order valence-electron chi connectivity index (χ4n) is 3.42. The van der Waals surface area contributed by atoms with Gasteiger partial charge in [0.25, 0.3) is 0 Å². The molecule has 1 unspecified atom stereocenters. The molecule has 8 heteroatoms. The minimum absolute atomic E-state index is 0.0447. The number of rotatable bonds is 5. The second-order valence-electron chi connectivity index (χ2n) is 6.89. The van der Waals surface area contributed by atoms with Gasteiger partial charge in [0.1, 0.15) is 6.04 Å². The summed E-state index contributed by atoms with van der Waals surface area (Å²) < 4.78 is 26.1. The molecular weight excluding hydrogens is 330 g/mol. The molecule has 7 nitrogen and oxygen atoms in total. The first-order chi connectivity index (χ1) is 11.3. The van der Waals surface area contributed by atoms with Crippen LogP contribution in [0.3, 0.4) is 0 Å². The number of piperazine rings is 1. The summed E-state index contributed by atoms with van der Waals surface area (Å²) in [5.74, 6) is 0.0451. The van der Waals surface area contributed by atoms with Crippen molar-refractivity contribution < 1.29 is 18.0 Å². The van der Waals surface area contributed by atoms with Crippen molar-refractivity contribution in [1.29, 1.82) is 0 Å². The van der Waals surface area contributed by atoms with E-state index in [9.17, 15) is 18.0 Å². The van der Waals surface area contributed by atoms with Crippen molar-refractivity contribution in [1.82, 2.24) is 14.1 Å². The first-order valence-corrected chi connectivity index (χ1v) is 10.5. The molecule has 0 aromatic carbocycles. The van der Waals surface area contributed by atoms with Crippen molar-refractivity contribution in [2.75, 3.05) is 38.5 Å². The van der Waals surface area contributed by atoms with Crippen LogP contribution in [0.1, 0.15) is 40.0 Å². The van der Waals surface area contributed by atoms with Gasteiger partial charge in [-0.1, -0.05) is 20.8 Å². The third-order valence-corrected chi connectivity index (χ3v) is 6.78. The maximum atomic E-state index is 12.8. The van der Waals surface area contributed by atoms with Crippen molar-refractivity contribution in [2.45, 2.75) is 46.1 Å². The normalized spacial score (nSPS) is 23.1. The SMILES string of the molecule is CCCS(=O)(=O)N1CCCC1C(=O)N1CCN(C(=O)C(C)C)CC1. The number of hydrogen-bond donors (Lipinski definition) is 0. The van der Waals surface area contributed by atoms with E-state index >= 15 is 0 Å². The molecule has 0 aromatic rings. The third kappa shape index (κ3) is 4.08. The highest BCUT2D eigenvalue weighted by Crippen LogP contribution is 2.24. The predicted octanol–water partition coefficient (Wildman–Crippen LogP) is 0.517. The van der Waals surface area contributed by atoms with Crippen LogP contribution in [0.15, 0.2) is 0 Å². The summed E-state index contributed by atoms with van der Waals surface area (Å²) in [6.45, 7) is 8.02. The average molecular weight is 359 g/mol. The molecule has 2 aliphatic heterocycles. The first-order valence-electron chi connectivity index (χ1n) is 8.85. The second kappa shape index (κ2) is 7.82. The lowest BCUT2D eigenvalue weighted by Crippen LogP contribution is -2.55. The topological polar surface area (TPSA) is 78.0 Å². The Hall–Kier alpha value is -1.15. The maximum absolute atomic E-state index is 12.8. The summed E-state index contributed by atoms with van der Waals surface area (Å²) in [4.78, 5) is 28.3. The summed E-state index contributed by atoms with van der Waals surface area (Å²) in [5, 5.41) is 0. The molecule has 0 spiro atoms. The summed E-state index contributed by atoms with van der Waals surface area (Å²) in [6, 6.07) is -0.561. The zero-order valence-electron chi connectivity index (χ0n) is 14.9. The van der Waals surface area contributed by atoms with Gasteiger partial charge in [-0.3, -0.25) is 9.59 Å². The van der Waals surface area contributed by atoms with E-state index in [4.69, 9.17) is 0 Å². The molecule has 0 aliphatic carbocycles. The van der Waals surface area contributed by atoms with Crippen LogP contribution >= 0.6 is 0 Å². The molecule has 2 amide bonds. The fourth-order valence-corrected chi connectivity index (χ4v) is 5.16. The first kappa shape index (κ1) is 19.2. The maximum Gasteiger partial charge on any atom is 0.241 e. The third-order valence-electron chi connectivity index (χ3n) is 4.71. The number of nitrogens with zero attached hydrogens (tertiary/aromatic N) is 3. The lowest BCUT2D eigenvalue weighted by Gasteiger charge is -2.37. The monoisotopic (exact) mass is 359 g/mol. The molecule has 24 heavy (non-hydrogen) atoms. The Balaban J connectivity index is 1.98. The van der Waals surface area contributed by atoms with Crippen molar-refractivity contribution in [3.05, 3.63) is 0 Å². The highest BCUT2D eigenvalue weighted by atomic mass is 32.2. The Bertz CT molecular complexity index is 568. The van der Waals surface area contributed by atoms with Crippen LogP contribution in [0.4, 0.5) is 0 Å². The smallest absolute Gasteiger partial charge is 0.241 e. The minimum atomic E-state index is -3.36. The molecule has 1 atom stereocenters. The van der Waals surface area contributed by atoms with Crippen LogP contribution in [-0.2, 0) is 19.6 Å². The lowest BCUT2D eigenvalue weighted by atomic mass is 10.1. The van der Waals surface area contributed by atoms with Crippen LogP contribution < -0.4 is 0 Å². The van der Waals surface area contributed by atoms with Gasteiger partial charge >= 0.3 is 0 Å². The van der Waals surface area contributed by atoms with Gasteiger partial charge in [0.05, 0.1) is 5.75 Å². The number of sulfonamides is 1. The van der Waals surface area contributed by atoms with Gasteiger partial charge in [-0.05, 0) is 19.3 Å². The number of hydrogen-bond acceptors (Lipinski definition) is 4. The van der Waals surface area contributed by atoms with E-state index in [2.05, 4.69) is 0 Å². The molecule has 138 valence electrons.